The van der Waals surface area contributed by atoms with Gasteiger partial charge in [0, 0.05) is 31.7 Å². The molecule has 1 heterocycles. The fourth-order valence-corrected chi connectivity index (χ4v) is 2.55. The van der Waals surface area contributed by atoms with Gasteiger partial charge in [-0.25, -0.2) is 4.79 Å². The Balaban J connectivity index is 1.96. The van der Waals surface area contributed by atoms with Gasteiger partial charge in [-0.1, -0.05) is 18.2 Å². The zero-order chi connectivity index (χ0) is 19.1. The van der Waals surface area contributed by atoms with Crippen LogP contribution in [0.3, 0.4) is 0 Å². The van der Waals surface area contributed by atoms with Gasteiger partial charge in [-0.05, 0) is 26.0 Å². The molecule has 1 aromatic carbocycles. The van der Waals surface area contributed by atoms with E-state index in [4.69, 9.17) is 4.74 Å². The molecule has 0 saturated carbocycles. The molecule has 0 atom stereocenters. The van der Waals surface area contributed by atoms with Crippen molar-refractivity contribution in [3.8, 4) is 0 Å². The summed E-state index contributed by atoms with van der Waals surface area (Å²) in [5, 5.41) is 0.815. The number of hydrogen-bond acceptors (Lipinski definition) is 5. The molecule has 0 aliphatic carbocycles. The van der Waals surface area contributed by atoms with Crippen molar-refractivity contribution in [2.45, 2.75) is 13.8 Å². The summed E-state index contributed by atoms with van der Waals surface area (Å²) < 4.78 is 5.12. The van der Waals surface area contributed by atoms with Gasteiger partial charge in [0.25, 0.3) is 5.91 Å². The number of pyridine rings is 1. The average molecular weight is 357 g/mol. The monoisotopic (exact) mass is 357 g/mol. The molecule has 138 valence electrons. The Bertz CT molecular complexity index is 797. The van der Waals surface area contributed by atoms with Crippen molar-refractivity contribution >= 4 is 28.7 Å². The minimum atomic E-state index is -0.619. The van der Waals surface area contributed by atoms with Gasteiger partial charge in [0.15, 0.2) is 6.61 Å². The Morgan fingerprint density at radius 3 is 2.42 bits per heavy atom. The van der Waals surface area contributed by atoms with Crippen LogP contribution in [0.2, 0.25) is 0 Å². The first kappa shape index (κ1) is 19.4. The van der Waals surface area contributed by atoms with Crippen LogP contribution in [0.1, 0.15) is 24.2 Å². The third-order valence-corrected chi connectivity index (χ3v) is 4.09. The zero-order valence-corrected chi connectivity index (χ0v) is 15.3. The second-order valence-electron chi connectivity index (χ2n) is 5.77. The van der Waals surface area contributed by atoms with Crippen molar-refractivity contribution in [3.05, 3.63) is 42.1 Å². The minimum absolute atomic E-state index is 0.0477. The number of esters is 1. The molecule has 0 aliphatic rings. The molecule has 2 aromatic rings. The first-order valence-electron chi connectivity index (χ1n) is 8.50. The molecule has 0 N–H and O–H groups in total. The number of hydrogen-bond donors (Lipinski definition) is 0. The van der Waals surface area contributed by atoms with Crippen LogP contribution in [0, 0.1) is 0 Å². The van der Waals surface area contributed by atoms with Gasteiger partial charge in [0.2, 0.25) is 5.91 Å². The van der Waals surface area contributed by atoms with Crippen LogP contribution in [-0.4, -0.2) is 65.9 Å². The average Bonchev–Trinajstić information content (AvgIpc) is 2.66. The molecule has 26 heavy (non-hydrogen) atoms. The summed E-state index contributed by atoms with van der Waals surface area (Å²) in [5.74, 6) is -1.20. The zero-order valence-electron chi connectivity index (χ0n) is 15.3. The molecule has 7 nitrogen and oxygen atoms in total. The largest absolute Gasteiger partial charge is 0.452 e. The first-order chi connectivity index (χ1) is 12.5. The molecule has 0 fully saturated rings. The van der Waals surface area contributed by atoms with E-state index in [0.29, 0.717) is 24.2 Å². The predicted molar refractivity (Wildman–Crippen MR) is 97.6 cm³/mol. The number of nitrogens with zero attached hydrogens (tertiary/aromatic N) is 3. The van der Waals surface area contributed by atoms with Gasteiger partial charge < -0.3 is 14.5 Å². The summed E-state index contributed by atoms with van der Waals surface area (Å²) in [7, 11) is 1.51. The fourth-order valence-electron chi connectivity index (χ4n) is 2.55. The molecule has 7 heteroatoms. The van der Waals surface area contributed by atoms with E-state index < -0.39 is 18.5 Å². The highest BCUT2D eigenvalue weighted by atomic mass is 16.5. The van der Waals surface area contributed by atoms with Crippen molar-refractivity contribution in [1.29, 1.82) is 0 Å². The summed E-state index contributed by atoms with van der Waals surface area (Å²) in [5.41, 5.74) is 0.829. The number of aromatic nitrogens is 1. The molecular formula is C19H23N3O4. The third-order valence-electron chi connectivity index (χ3n) is 4.09. The van der Waals surface area contributed by atoms with E-state index in [1.54, 1.807) is 29.3 Å². The summed E-state index contributed by atoms with van der Waals surface area (Å²) in [6.45, 7) is 4.45. The SMILES string of the molecule is CCN(CC)C(=O)CN(C)C(=O)COC(=O)c1cccc2cccnc12. The molecule has 2 amide bonds. The lowest BCUT2D eigenvalue weighted by Gasteiger charge is -2.23. The van der Waals surface area contributed by atoms with Crippen LogP contribution in [0.25, 0.3) is 10.9 Å². The highest BCUT2D eigenvalue weighted by molar-refractivity contribution is 6.03. The van der Waals surface area contributed by atoms with Crippen molar-refractivity contribution in [2.24, 2.45) is 0 Å². The number of fused-ring (bicyclic) bond motifs is 1. The lowest BCUT2D eigenvalue weighted by atomic mass is 10.1. The number of benzene rings is 1. The quantitative estimate of drug-likeness (QED) is 0.705. The van der Waals surface area contributed by atoms with Crippen LogP contribution in [0.15, 0.2) is 36.5 Å². The van der Waals surface area contributed by atoms with E-state index in [9.17, 15) is 14.4 Å². The summed E-state index contributed by atoms with van der Waals surface area (Å²) in [6, 6.07) is 8.81. The van der Waals surface area contributed by atoms with Crippen LogP contribution < -0.4 is 0 Å². The maximum absolute atomic E-state index is 12.3. The van der Waals surface area contributed by atoms with Crippen molar-refractivity contribution in [2.75, 3.05) is 33.3 Å². The second-order valence-corrected chi connectivity index (χ2v) is 5.77. The lowest BCUT2D eigenvalue weighted by molar-refractivity contribution is -0.140. The number of rotatable bonds is 7. The Kier molecular flexibility index (Phi) is 6.66. The van der Waals surface area contributed by atoms with E-state index >= 15 is 0 Å². The minimum Gasteiger partial charge on any atom is -0.452 e. The van der Waals surface area contributed by atoms with Crippen molar-refractivity contribution < 1.29 is 19.1 Å². The van der Waals surface area contributed by atoms with Crippen molar-refractivity contribution in [1.82, 2.24) is 14.8 Å². The number of carbonyl (C=O) groups excluding carboxylic acids is 3. The molecule has 2 rings (SSSR count). The normalized spacial score (nSPS) is 10.4. The Hall–Kier alpha value is -2.96. The summed E-state index contributed by atoms with van der Waals surface area (Å²) in [6.07, 6.45) is 1.59. The molecular weight excluding hydrogens is 334 g/mol. The molecule has 0 saturated heterocycles. The van der Waals surface area contributed by atoms with E-state index in [1.807, 2.05) is 26.0 Å². The lowest BCUT2D eigenvalue weighted by Crippen LogP contribution is -2.42. The first-order valence-corrected chi connectivity index (χ1v) is 8.50. The van der Waals surface area contributed by atoms with E-state index in [1.165, 1.54) is 11.9 Å². The molecule has 0 aliphatic heterocycles. The highest BCUT2D eigenvalue weighted by Gasteiger charge is 2.19. The second kappa shape index (κ2) is 8.94. The molecule has 0 unspecified atom stereocenters. The highest BCUT2D eigenvalue weighted by Crippen LogP contribution is 2.16. The number of amides is 2. The molecule has 0 spiro atoms. The third kappa shape index (κ3) is 4.56. The van der Waals surface area contributed by atoms with Gasteiger partial charge >= 0.3 is 5.97 Å². The van der Waals surface area contributed by atoms with Crippen molar-refractivity contribution in [3.63, 3.8) is 0 Å². The molecule has 0 bridgehead atoms. The van der Waals surface area contributed by atoms with Gasteiger partial charge in [-0.15, -0.1) is 0 Å². The molecule has 0 radical (unpaired) electrons. The van der Waals surface area contributed by atoms with Crippen LogP contribution in [0.4, 0.5) is 0 Å². The summed E-state index contributed by atoms with van der Waals surface area (Å²) in [4.78, 5) is 43.6. The van der Waals surface area contributed by atoms with E-state index in [0.717, 1.165) is 5.39 Å². The standard InChI is InChI=1S/C19H23N3O4/c1-4-22(5-2)16(23)12-21(3)17(24)13-26-19(25)15-10-6-8-14-9-7-11-20-18(14)15/h6-11H,4-5,12-13H2,1-3H3. The van der Waals surface area contributed by atoms with Crippen LogP contribution in [-0.2, 0) is 14.3 Å². The predicted octanol–water partition coefficient (Wildman–Crippen LogP) is 1.72. The van der Waals surface area contributed by atoms with Crippen LogP contribution >= 0.6 is 0 Å². The van der Waals surface area contributed by atoms with Gasteiger partial charge in [-0.2, -0.15) is 0 Å². The Labute approximate surface area is 152 Å². The maximum Gasteiger partial charge on any atom is 0.340 e. The van der Waals surface area contributed by atoms with Gasteiger partial charge in [0.1, 0.15) is 0 Å². The molecule has 1 aromatic heterocycles. The fraction of sp³-hybridized carbons (Fsp3) is 0.368. The number of ether oxygens (including phenoxy) is 1. The number of likely N-dealkylation sites (N-methyl/N-ethyl adjacent to an activating group) is 2. The number of para-hydroxylation sites is 1. The topological polar surface area (TPSA) is 79.8 Å². The Morgan fingerprint density at radius 1 is 1.04 bits per heavy atom. The van der Waals surface area contributed by atoms with Gasteiger partial charge in [-0.3, -0.25) is 14.6 Å². The maximum atomic E-state index is 12.3. The number of carbonyl (C=O) groups is 3. The van der Waals surface area contributed by atoms with Crippen LogP contribution in [0.5, 0.6) is 0 Å². The van der Waals surface area contributed by atoms with Gasteiger partial charge in [0.05, 0.1) is 17.6 Å². The van der Waals surface area contributed by atoms with E-state index in [2.05, 4.69) is 4.98 Å². The Morgan fingerprint density at radius 2 is 1.73 bits per heavy atom. The smallest absolute Gasteiger partial charge is 0.340 e. The summed E-state index contributed by atoms with van der Waals surface area (Å²) >= 11 is 0. The van der Waals surface area contributed by atoms with E-state index in [-0.39, 0.29) is 12.5 Å².